The number of ether oxygens (including phenoxy) is 6. The van der Waals surface area contributed by atoms with Crippen LogP contribution in [0.15, 0.2) is 122 Å². The van der Waals surface area contributed by atoms with Crippen LogP contribution in [0.3, 0.4) is 0 Å². The molecule has 0 saturated carbocycles. The summed E-state index contributed by atoms with van der Waals surface area (Å²) in [5, 5.41) is 2.91. The Hall–Kier alpha value is -5.31. The molecule has 6 aromatic rings. The molecule has 0 spiro atoms. The molecule has 1 amide bonds. The first-order valence-corrected chi connectivity index (χ1v) is 22.3. The van der Waals surface area contributed by atoms with Crippen molar-refractivity contribution in [2.24, 2.45) is 0 Å². The summed E-state index contributed by atoms with van der Waals surface area (Å²) in [6.45, 7) is 11.3. The Morgan fingerprint density at radius 1 is 0.774 bits per heavy atom. The van der Waals surface area contributed by atoms with E-state index in [0.29, 0.717) is 34.8 Å². The van der Waals surface area contributed by atoms with Crippen LogP contribution in [-0.2, 0) is 29.1 Å². The highest BCUT2D eigenvalue weighted by molar-refractivity contribution is 7.49. The molecule has 1 N–H and O–H groups in total. The van der Waals surface area contributed by atoms with Gasteiger partial charge in [-0.3, -0.25) is 14.0 Å². The Morgan fingerprint density at radius 3 is 1.92 bits per heavy atom. The van der Waals surface area contributed by atoms with Crippen molar-refractivity contribution in [3.63, 3.8) is 0 Å². The van der Waals surface area contributed by atoms with Crippen LogP contribution in [0.5, 0.6) is 11.5 Å². The highest BCUT2D eigenvalue weighted by Crippen LogP contribution is 2.51. The molecule has 1 aliphatic heterocycles. The molecule has 14 nitrogen and oxygen atoms in total. The highest BCUT2D eigenvalue weighted by atomic mass is 31.2. The molecule has 3 heterocycles. The van der Waals surface area contributed by atoms with E-state index < -0.39 is 38.6 Å². The Bertz CT molecular complexity index is 2300. The molecule has 5 atom stereocenters. The highest BCUT2D eigenvalue weighted by Gasteiger charge is 2.54. The first-order valence-electron chi connectivity index (χ1n) is 20.6. The number of anilines is 1. The number of carbonyl (C=O) groups is 1. The fourth-order valence-corrected chi connectivity index (χ4v) is 10.0. The minimum Gasteiger partial charge on any atom is -0.497 e. The molecule has 1 aliphatic rings. The van der Waals surface area contributed by atoms with Gasteiger partial charge in [0.25, 0.3) is 5.91 Å². The molecular formula is C47H55N6O8P. The van der Waals surface area contributed by atoms with Crippen LogP contribution in [0.2, 0.25) is 0 Å². The summed E-state index contributed by atoms with van der Waals surface area (Å²) in [5.74, 6) is 1.32. The molecule has 15 heteroatoms. The van der Waals surface area contributed by atoms with Crippen LogP contribution < -0.4 is 14.8 Å². The smallest absolute Gasteiger partial charge is 0.256 e. The summed E-state index contributed by atoms with van der Waals surface area (Å²) >= 11 is 0. The zero-order valence-electron chi connectivity index (χ0n) is 36.4. The van der Waals surface area contributed by atoms with E-state index in [1.54, 1.807) is 56.5 Å². The maximum atomic E-state index is 13.3. The lowest BCUT2D eigenvalue weighted by molar-refractivity contribution is -0.212. The number of amides is 1. The topological polar surface area (TPSA) is 141 Å². The maximum Gasteiger partial charge on any atom is 0.256 e. The average molecular weight is 863 g/mol. The Kier molecular flexibility index (Phi) is 14.6. The predicted octanol–water partition coefficient (Wildman–Crippen LogP) is 8.44. The number of carbonyl (C=O) groups excluding carboxylic acids is 1. The van der Waals surface area contributed by atoms with Crippen molar-refractivity contribution in [1.29, 1.82) is 0 Å². The molecule has 7 rings (SSSR count). The van der Waals surface area contributed by atoms with Gasteiger partial charge in [-0.15, -0.1) is 0 Å². The predicted molar refractivity (Wildman–Crippen MR) is 238 cm³/mol. The maximum absolute atomic E-state index is 13.3. The number of nitrogens with one attached hydrogen (secondary N) is 1. The number of fused-ring (bicyclic) bond motifs is 1. The quantitative estimate of drug-likeness (QED) is 0.0475. The second-order valence-corrected chi connectivity index (χ2v) is 16.9. The summed E-state index contributed by atoms with van der Waals surface area (Å²) < 4.78 is 49.7. The van der Waals surface area contributed by atoms with Crippen molar-refractivity contribution in [2.45, 2.75) is 70.1 Å². The summed E-state index contributed by atoms with van der Waals surface area (Å²) in [7, 11) is 3.67. The fraction of sp³-hybridized carbons (Fsp3) is 0.362. The summed E-state index contributed by atoms with van der Waals surface area (Å²) in [6, 6.07) is 35.0. The molecule has 62 heavy (non-hydrogen) atoms. The molecule has 326 valence electrons. The molecule has 1 fully saturated rings. The van der Waals surface area contributed by atoms with Gasteiger partial charge >= 0.3 is 0 Å². The number of methoxy groups -OCH3 is 3. The first kappa shape index (κ1) is 44.7. The van der Waals surface area contributed by atoms with Gasteiger partial charge in [-0.1, -0.05) is 72.8 Å². The number of hydrogen-bond acceptors (Lipinski definition) is 12. The SMILES string of the molecule is COCCO[C@@H]1[C@H](OP(C)N(C(C)C)C(C)C)[C@@H](OC(c2ccccc2)(c2ccc(OC)cc2)c2ccc(OC)cc2)O[C@H]1n1cnc2c(NC(=O)c3ccccc3)ncnc21. The van der Waals surface area contributed by atoms with Gasteiger partial charge in [0.1, 0.15) is 43.9 Å². The van der Waals surface area contributed by atoms with E-state index >= 15 is 0 Å². The summed E-state index contributed by atoms with van der Waals surface area (Å²) in [5.41, 5.74) is 2.49. The molecule has 0 aliphatic carbocycles. The van der Waals surface area contributed by atoms with Gasteiger partial charge in [-0.25, -0.2) is 15.0 Å². The second-order valence-electron chi connectivity index (χ2n) is 15.3. The number of aromatic nitrogens is 4. The van der Waals surface area contributed by atoms with Crippen molar-refractivity contribution < 1.29 is 37.7 Å². The van der Waals surface area contributed by atoms with Crippen molar-refractivity contribution in [1.82, 2.24) is 24.2 Å². The van der Waals surface area contributed by atoms with Crippen molar-refractivity contribution in [2.75, 3.05) is 46.5 Å². The molecule has 2 aromatic heterocycles. The van der Waals surface area contributed by atoms with Gasteiger partial charge in [0, 0.05) is 24.8 Å². The number of hydrogen-bond donors (Lipinski definition) is 1. The summed E-state index contributed by atoms with van der Waals surface area (Å²) in [4.78, 5) is 27.1. The number of imidazole rings is 1. The van der Waals surface area contributed by atoms with Gasteiger partial charge in [0.2, 0.25) is 0 Å². The van der Waals surface area contributed by atoms with E-state index in [2.05, 4.69) is 54.3 Å². The van der Waals surface area contributed by atoms with Crippen LogP contribution in [0.4, 0.5) is 5.82 Å². The Morgan fingerprint density at radius 2 is 1.35 bits per heavy atom. The lowest BCUT2D eigenvalue weighted by atomic mass is 9.80. The van der Waals surface area contributed by atoms with Gasteiger partial charge in [0.15, 0.2) is 29.5 Å². The standard InChI is InChI=1S/C47H55N6O8P/c1-31(2)53(32(3)4)62(8)61-41-40(58-28-27-55-5)45(52-30-50-39-42(48-29-49-43(39)52)51-44(54)33-15-11-9-12-16-33)59-46(41)60-47(34-17-13-10-14-18-34,35-19-23-37(56-6)24-20-35)36-21-25-38(57-7)26-22-36/h9-26,29-32,40-41,45-46H,27-28H2,1-8H3,(H,48,49,51,54)/t40-,41+,45-,46-,62?/m1/s1. The van der Waals surface area contributed by atoms with Gasteiger partial charge in [0.05, 0.1) is 33.8 Å². The zero-order valence-corrected chi connectivity index (χ0v) is 37.3. The second kappa shape index (κ2) is 20.3. The van der Waals surface area contributed by atoms with Gasteiger partial charge in [-0.2, -0.15) is 0 Å². The molecule has 1 saturated heterocycles. The lowest BCUT2D eigenvalue weighted by Crippen LogP contribution is -2.44. The summed E-state index contributed by atoms with van der Waals surface area (Å²) in [6.07, 6.45) is -0.495. The van der Waals surface area contributed by atoms with Crippen molar-refractivity contribution >= 4 is 31.2 Å². The van der Waals surface area contributed by atoms with E-state index in [0.717, 1.165) is 16.7 Å². The monoisotopic (exact) mass is 862 g/mol. The third kappa shape index (κ3) is 9.37. The molecular weight excluding hydrogens is 808 g/mol. The van der Waals surface area contributed by atoms with Crippen molar-refractivity contribution in [3.8, 4) is 11.5 Å². The molecule has 0 bridgehead atoms. The number of benzene rings is 4. The van der Waals surface area contributed by atoms with E-state index in [9.17, 15) is 4.79 Å². The van der Waals surface area contributed by atoms with E-state index in [1.165, 1.54) is 6.33 Å². The van der Waals surface area contributed by atoms with Crippen LogP contribution in [-0.4, -0.2) is 102 Å². The Labute approximate surface area is 364 Å². The molecule has 4 aromatic carbocycles. The van der Waals surface area contributed by atoms with E-state index in [-0.39, 0.29) is 30.4 Å². The average Bonchev–Trinajstić information content (AvgIpc) is 3.87. The van der Waals surface area contributed by atoms with Crippen LogP contribution in [0.1, 0.15) is 61.0 Å². The van der Waals surface area contributed by atoms with Crippen LogP contribution in [0, 0.1) is 0 Å². The third-order valence-corrected chi connectivity index (χ3v) is 12.9. The third-order valence-electron chi connectivity index (χ3n) is 10.8. The Balaban J connectivity index is 1.39. The first-order chi connectivity index (χ1) is 30.1. The number of nitrogens with zero attached hydrogens (tertiary/aromatic N) is 5. The van der Waals surface area contributed by atoms with Gasteiger partial charge in [-0.05, 0) is 87.4 Å². The molecule has 0 radical (unpaired) electrons. The van der Waals surface area contributed by atoms with Crippen LogP contribution >= 0.6 is 8.30 Å². The molecule has 1 unspecified atom stereocenters. The zero-order chi connectivity index (χ0) is 43.8. The van der Waals surface area contributed by atoms with Crippen LogP contribution in [0.25, 0.3) is 11.2 Å². The van der Waals surface area contributed by atoms with E-state index in [4.69, 9.17) is 37.9 Å². The minimum absolute atomic E-state index is 0.178. The minimum atomic E-state index is -1.27. The van der Waals surface area contributed by atoms with Gasteiger partial charge < -0.3 is 38.3 Å². The van der Waals surface area contributed by atoms with Crippen molar-refractivity contribution in [3.05, 3.63) is 144 Å². The lowest BCUT2D eigenvalue weighted by Gasteiger charge is -2.41. The van der Waals surface area contributed by atoms with E-state index in [1.807, 2.05) is 84.9 Å². The fourth-order valence-electron chi connectivity index (χ4n) is 8.06. The number of rotatable bonds is 19. The normalized spacial score (nSPS) is 18.4. The largest absolute Gasteiger partial charge is 0.497 e.